The summed E-state index contributed by atoms with van der Waals surface area (Å²) in [5, 5.41) is 4.99. The molecule has 1 aliphatic carbocycles. The lowest BCUT2D eigenvalue weighted by atomic mass is 9.96. The first-order chi connectivity index (χ1) is 11.4. The number of carbonyl (C=O) groups excluding carboxylic acids is 3. The van der Waals surface area contributed by atoms with E-state index >= 15 is 0 Å². The van der Waals surface area contributed by atoms with Crippen LogP contribution in [-0.4, -0.2) is 30.1 Å². The molecule has 1 atom stereocenters. The first-order valence-electron chi connectivity index (χ1n) is 8.26. The summed E-state index contributed by atoms with van der Waals surface area (Å²) < 4.78 is 10.4. The number of aryl methyl sites for hydroxylation is 2. The molecule has 0 radical (unpaired) electrons. The predicted octanol–water partition coefficient (Wildman–Crippen LogP) is 2.60. The topological polar surface area (TPSA) is 97.6 Å². The monoisotopic (exact) mass is 336 g/mol. The molecule has 7 nitrogen and oxygen atoms in total. The van der Waals surface area contributed by atoms with E-state index in [1.165, 1.54) is 13.3 Å². The van der Waals surface area contributed by atoms with E-state index in [2.05, 4.69) is 10.6 Å². The van der Waals surface area contributed by atoms with Crippen molar-refractivity contribution in [3.8, 4) is 0 Å². The molecule has 1 aromatic rings. The van der Waals surface area contributed by atoms with Crippen molar-refractivity contribution in [2.75, 3.05) is 0 Å². The Morgan fingerprint density at radius 2 is 1.88 bits per heavy atom. The lowest BCUT2D eigenvalue weighted by Crippen LogP contribution is -2.48. The van der Waals surface area contributed by atoms with Crippen LogP contribution in [-0.2, 0) is 9.53 Å². The van der Waals surface area contributed by atoms with Crippen molar-refractivity contribution in [2.45, 2.75) is 65.0 Å². The van der Waals surface area contributed by atoms with Crippen LogP contribution in [0.5, 0.6) is 0 Å². The highest BCUT2D eigenvalue weighted by Crippen LogP contribution is 2.17. The molecule has 24 heavy (non-hydrogen) atoms. The second kappa shape index (κ2) is 7.99. The number of carbonyl (C=O) groups is 3. The molecule has 1 fully saturated rings. The van der Waals surface area contributed by atoms with E-state index in [0.717, 1.165) is 25.7 Å². The van der Waals surface area contributed by atoms with Crippen LogP contribution in [0.15, 0.2) is 10.5 Å². The predicted molar refractivity (Wildman–Crippen MR) is 86.6 cm³/mol. The second-order valence-corrected chi connectivity index (χ2v) is 6.17. The maximum Gasteiger partial charge on any atom is 0.342 e. The van der Waals surface area contributed by atoms with Crippen molar-refractivity contribution in [3.05, 3.63) is 23.2 Å². The average molecular weight is 336 g/mol. The highest BCUT2D eigenvalue weighted by Gasteiger charge is 2.24. The summed E-state index contributed by atoms with van der Waals surface area (Å²) in [6, 6.07) is 1.10. The molecule has 0 spiro atoms. The van der Waals surface area contributed by atoms with Crippen LogP contribution in [0.4, 0.5) is 4.79 Å². The molecule has 1 aliphatic rings. The van der Waals surface area contributed by atoms with Gasteiger partial charge in [0.1, 0.15) is 17.1 Å². The Kier molecular flexibility index (Phi) is 6.00. The van der Waals surface area contributed by atoms with Gasteiger partial charge in [-0.3, -0.25) is 10.1 Å². The Labute approximate surface area is 141 Å². The molecule has 0 bridgehead atoms. The van der Waals surface area contributed by atoms with E-state index in [4.69, 9.17) is 9.15 Å². The third kappa shape index (κ3) is 4.84. The summed E-state index contributed by atoms with van der Waals surface area (Å²) in [5.41, 5.74) is 0.277. The van der Waals surface area contributed by atoms with Gasteiger partial charge in [0, 0.05) is 6.04 Å². The lowest BCUT2D eigenvalue weighted by Gasteiger charge is -2.23. The molecule has 1 aromatic heterocycles. The van der Waals surface area contributed by atoms with Gasteiger partial charge in [-0.15, -0.1) is 0 Å². The number of ether oxygens (including phenoxy) is 1. The number of hydrogen-bond donors (Lipinski definition) is 2. The minimum atomic E-state index is -1.08. The van der Waals surface area contributed by atoms with E-state index in [-0.39, 0.29) is 11.6 Å². The van der Waals surface area contributed by atoms with Crippen LogP contribution in [0.2, 0.25) is 0 Å². The number of esters is 1. The van der Waals surface area contributed by atoms with Crippen LogP contribution in [0.25, 0.3) is 0 Å². The van der Waals surface area contributed by atoms with Crippen molar-refractivity contribution in [1.29, 1.82) is 0 Å². The van der Waals surface area contributed by atoms with Gasteiger partial charge in [-0.1, -0.05) is 19.3 Å². The van der Waals surface area contributed by atoms with Gasteiger partial charge in [0.2, 0.25) is 0 Å². The summed E-state index contributed by atoms with van der Waals surface area (Å²) in [6.45, 7) is 4.78. The fraction of sp³-hybridized carbons (Fsp3) is 0.588. The van der Waals surface area contributed by atoms with E-state index < -0.39 is 24.0 Å². The Bertz CT molecular complexity index is 616. The first-order valence-corrected chi connectivity index (χ1v) is 8.26. The zero-order valence-electron chi connectivity index (χ0n) is 14.3. The van der Waals surface area contributed by atoms with Gasteiger partial charge in [0.05, 0.1) is 0 Å². The van der Waals surface area contributed by atoms with Crippen molar-refractivity contribution >= 4 is 17.9 Å². The molecule has 2 rings (SSSR count). The minimum absolute atomic E-state index is 0.0981. The van der Waals surface area contributed by atoms with Crippen molar-refractivity contribution in [1.82, 2.24) is 10.6 Å². The van der Waals surface area contributed by atoms with Crippen molar-refractivity contribution in [2.24, 2.45) is 0 Å². The molecule has 0 saturated heterocycles. The van der Waals surface area contributed by atoms with Gasteiger partial charge in [0.15, 0.2) is 6.10 Å². The number of rotatable bonds is 4. The second-order valence-electron chi connectivity index (χ2n) is 6.17. The van der Waals surface area contributed by atoms with E-state index in [1.54, 1.807) is 19.9 Å². The fourth-order valence-electron chi connectivity index (χ4n) is 2.79. The molecule has 0 unspecified atom stereocenters. The number of furan rings is 1. The Morgan fingerprint density at radius 3 is 2.46 bits per heavy atom. The van der Waals surface area contributed by atoms with Gasteiger partial charge in [-0.2, -0.15) is 0 Å². The van der Waals surface area contributed by atoms with Gasteiger partial charge in [-0.25, -0.2) is 9.59 Å². The van der Waals surface area contributed by atoms with Crippen LogP contribution < -0.4 is 10.6 Å². The summed E-state index contributed by atoms with van der Waals surface area (Å²) >= 11 is 0. The van der Waals surface area contributed by atoms with Crippen molar-refractivity contribution < 1.29 is 23.5 Å². The molecular formula is C17H24N2O5. The Balaban J connectivity index is 1.81. The largest absolute Gasteiger partial charge is 0.466 e. The SMILES string of the molecule is Cc1cc(C(=O)O[C@H](C)C(=O)NC(=O)NC2CCCCC2)c(C)o1. The standard InChI is InChI=1S/C17H24N2O5/c1-10-9-14(11(2)23-10)16(21)24-12(3)15(20)19-17(22)18-13-7-5-4-6-8-13/h9,12-13H,4-8H2,1-3H3,(H2,18,19,20,22)/t12-/m1/s1. The number of hydrogen-bond acceptors (Lipinski definition) is 5. The Hall–Kier alpha value is -2.31. The highest BCUT2D eigenvalue weighted by molar-refractivity contribution is 5.98. The van der Waals surface area contributed by atoms with Gasteiger partial charge >= 0.3 is 12.0 Å². The zero-order chi connectivity index (χ0) is 17.7. The molecule has 0 aromatic carbocycles. The molecular weight excluding hydrogens is 312 g/mol. The summed E-state index contributed by atoms with van der Waals surface area (Å²) in [7, 11) is 0. The number of amides is 3. The molecule has 3 amide bonds. The van der Waals surface area contributed by atoms with Crippen molar-refractivity contribution in [3.63, 3.8) is 0 Å². The van der Waals surface area contributed by atoms with E-state index in [1.807, 2.05) is 0 Å². The highest BCUT2D eigenvalue weighted by atomic mass is 16.5. The fourth-order valence-corrected chi connectivity index (χ4v) is 2.79. The minimum Gasteiger partial charge on any atom is -0.466 e. The van der Waals surface area contributed by atoms with Gasteiger partial charge in [-0.05, 0) is 39.7 Å². The molecule has 2 N–H and O–H groups in total. The third-order valence-corrected chi connectivity index (χ3v) is 4.09. The van der Waals surface area contributed by atoms with Crippen LogP contribution in [0, 0.1) is 13.8 Å². The lowest BCUT2D eigenvalue weighted by molar-refractivity contribution is -0.127. The molecule has 0 aliphatic heterocycles. The van der Waals surface area contributed by atoms with Gasteiger partial charge < -0.3 is 14.5 Å². The smallest absolute Gasteiger partial charge is 0.342 e. The molecule has 1 heterocycles. The number of nitrogens with one attached hydrogen (secondary N) is 2. The normalized spacial score (nSPS) is 16.3. The molecule has 7 heteroatoms. The van der Waals surface area contributed by atoms with E-state index in [9.17, 15) is 14.4 Å². The third-order valence-electron chi connectivity index (χ3n) is 4.09. The van der Waals surface area contributed by atoms with E-state index in [0.29, 0.717) is 11.5 Å². The average Bonchev–Trinajstić information content (AvgIpc) is 2.86. The maximum atomic E-state index is 12.0. The summed E-state index contributed by atoms with van der Waals surface area (Å²) in [4.78, 5) is 35.9. The molecule has 132 valence electrons. The van der Waals surface area contributed by atoms with Crippen LogP contribution in [0.1, 0.15) is 60.9 Å². The summed E-state index contributed by atoms with van der Waals surface area (Å²) in [6.07, 6.45) is 4.10. The Morgan fingerprint density at radius 1 is 1.21 bits per heavy atom. The first kappa shape index (κ1) is 18.0. The van der Waals surface area contributed by atoms with Gasteiger partial charge in [0.25, 0.3) is 5.91 Å². The number of imide groups is 1. The maximum absolute atomic E-state index is 12.0. The quantitative estimate of drug-likeness (QED) is 0.824. The summed E-state index contributed by atoms with van der Waals surface area (Å²) in [5.74, 6) is -0.294. The molecule has 1 saturated carbocycles. The number of urea groups is 1. The zero-order valence-corrected chi connectivity index (χ0v) is 14.3. The van der Waals surface area contributed by atoms with Crippen LogP contribution >= 0.6 is 0 Å². The van der Waals surface area contributed by atoms with Crippen LogP contribution in [0.3, 0.4) is 0 Å².